The summed E-state index contributed by atoms with van der Waals surface area (Å²) >= 11 is 0. The minimum atomic E-state index is -0.226. The molecule has 3 rings (SSSR count). The molecule has 3 aromatic rings. The quantitative estimate of drug-likeness (QED) is 0.744. The first-order chi connectivity index (χ1) is 12.5. The maximum absolute atomic E-state index is 12.5. The van der Waals surface area contributed by atoms with Crippen LogP contribution in [-0.4, -0.2) is 21.5 Å². The smallest absolute Gasteiger partial charge is 0.272 e. The van der Waals surface area contributed by atoms with Crippen LogP contribution in [0.15, 0.2) is 59.4 Å². The van der Waals surface area contributed by atoms with E-state index >= 15 is 0 Å². The first kappa shape index (κ1) is 17.9. The van der Waals surface area contributed by atoms with Crippen molar-refractivity contribution in [3.8, 4) is 0 Å². The van der Waals surface area contributed by atoms with Crippen molar-refractivity contribution in [3.63, 3.8) is 0 Å². The highest BCUT2D eigenvalue weighted by Crippen LogP contribution is 2.10. The SMILES string of the molecule is Cc1nc2ccccc2n(CC(=O)NC(C)CCc2ccccc2)c1=O. The lowest BCUT2D eigenvalue weighted by molar-refractivity contribution is -0.122. The van der Waals surface area contributed by atoms with Gasteiger partial charge in [0.2, 0.25) is 5.91 Å². The van der Waals surface area contributed by atoms with Crippen molar-refractivity contribution in [1.82, 2.24) is 14.9 Å². The van der Waals surface area contributed by atoms with E-state index in [4.69, 9.17) is 0 Å². The molecule has 1 N–H and O–H groups in total. The minimum absolute atomic E-state index is 0.00160. The van der Waals surface area contributed by atoms with Crippen LogP contribution >= 0.6 is 0 Å². The molecule has 1 atom stereocenters. The van der Waals surface area contributed by atoms with Gasteiger partial charge in [-0.25, -0.2) is 4.98 Å². The Balaban J connectivity index is 1.67. The van der Waals surface area contributed by atoms with E-state index in [1.807, 2.05) is 49.4 Å². The number of carbonyl (C=O) groups is 1. The molecule has 0 spiro atoms. The molecule has 5 nitrogen and oxygen atoms in total. The zero-order chi connectivity index (χ0) is 18.5. The lowest BCUT2D eigenvalue weighted by atomic mass is 10.1. The number of carbonyl (C=O) groups excluding carboxylic acids is 1. The zero-order valence-electron chi connectivity index (χ0n) is 15.1. The molecule has 1 unspecified atom stereocenters. The number of rotatable bonds is 6. The first-order valence-corrected chi connectivity index (χ1v) is 8.84. The van der Waals surface area contributed by atoms with Crippen LogP contribution in [0, 0.1) is 6.92 Å². The first-order valence-electron chi connectivity index (χ1n) is 8.84. The molecule has 0 aliphatic carbocycles. The van der Waals surface area contributed by atoms with E-state index in [-0.39, 0.29) is 24.1 Å². The average Bonchev–Trinajstić information content (AvgIpc) is 2.64. The number of aryl methyl sites for hydroxylation is 2. The molecule has 5 heteroatoms. The third kappa shape index (κ3) is 4.17. The van der Waals surface area contributed by atoms with Crippen LogP contribution in [0.25, 0.3) is 11.0 Å². The minimum Gasteiger partial charge on any atom is -0.352 e. The third-order valence-electron chi connectivity index (χ3n) is 4.43. The normalized spacial score (nSPS) is 12.1. The largest absolute Gasteiger partial charge is 0.352 e. The number of para-hydroxylation sites is 2. The Kier molecular flexibility index (Phi) is 5.46. The predicted molar refractivity (Wildman–Crippen MR) is 103 cm³/mol. The van der Waals surface area contributed by atoms with Gasteiger partial charge in [0.15, 0.2) is 0 Å². The summed E-state index contributed by atoms with van der Waals surface area (Å²) in [7, 11) is 0. The van der Waals surface area contributed by atoms with Crippen LogP contribution < -0.4 is 10.9 Å². The van der Waals surface area contributed by atoms with Crippen LogP contribution in [0.4, 0.5) is 0 Å². The topological polar surface area (TPSA) is 64.0 Å². The Labute approximate surface area is 152 Å². The van der Waals surface area contributed by atoms with Crippen LogP contribution in [0.2, 0.25) is 0 Å². The molecule has 0 aliphatic heterocycles. The van der Waals surface area contributed by atoms with Gasteiger partial charge in [-0.05, 0) is 44.4 Å². The van der Waals surface area contributed by atoms with Crippen molar-refractivity contribution in [1.29, 1.82) is 0 Å². The van der Waals surface area contributed by atoms with E-state index in [1.54, 1.807) is 6.92 Å². The second kappa shape index (κ2) is 7.95. The Hall–Kier alpha value is -2.95. The van der Waals surface area contributed by atoms with Gasteiger partial charge >= 0.3 is 0 Å². The van der Waals surface area contributed by atoms with Crippen LogP contribution in [0.1, 0.15) is 24.6 Å². The lowest BCUT2D eigenvalue weighted by Gasteiger charge is -2.16. The van der Waals surface area contributed by atoms with E-state index in [0.717, 1.165) is 18.4 Å². The van der Waals surface area contributed by atoms with Crippen LogP contribution in [-0.2, 0) is 17.8 Å². The Morgan fingerprint density at radius 3 is 2.58 bits per heavy atom. The number of amides is 1. The van der Waals surface area contributed by atoms with E-state index < -0.39 is 0 Å². The van der Waals surface area contributed by atoms with Crippen molar-refractivity contribution >= 4 is 16.9 Å². The fourth-order valence-corrected chi connectivity index (χ4v) is 3.04. The van der Waals surface area contributed by atoms with Gasteiger partial charge < -0.3 is 5.32 Å². The second-order valence-electron chi connectivity index (χ2n) is 6.57. The molecule has 0 fully saturated rings. The number of nitrogens with zero attached hydrogens (tertiary/aromatic N) is 2. The zero-order valence-corrected chi connectivity index (χ0v) is 15.1. The van der Waals surface area contributed by atoms with Gasteiger partial charge in [-0.3, -0.25) is 14.2 Å². The van der Waals surface area contributed by atoms with Gasteiger partial charge in [0.1, 0.15) is 12.2 Å². The maximum atomic E-state index is 12.5. The summed E-state index contributed by atoms with van der Waals surface area (Å²) in [6, 6.07) is 17.6. The number of aromatic nitrogens is 2. The van der Waals surface area contributed by atoms with Gasteiger partial charge in [-0.2, -0.15) is 0 Å². The summed E-state index contributed by atoms with van der Waals surface area (Å²) in [5, 5.41) is 2.99. The van der Waals surface area contributed by atoms with Crippen molar-refractivity contribution in [2.45, 2.75) is 39.3 Å². The number of nitrogens with one attached hydrogen (secondary N) is 1. The molecule has 1 amide bonds. The van der Waals surface area contributed by atoms with Gasteiger partial charge in [-0.1, -0.05) is 42.5 Å². The Morgan fingerprint density at radius 1 is 1.12 bits per heavy atom. The van der Waals surface area contributed by atoms with Crippen molar-refractivity contribution in [3.05, 3.63) is 76.2 Å². The van der Waals surface area contributed by atoms with Gasteiger partial charge in [-0.15, -0.1) is 0 Å². The van der Waals surface area contributed by atoms with Crippen molar-refractivity contribution in [2.24, 2.45) is 0 Å². The molecule has 0 bridgehead atoms. The highest BCUT2D eigenvalue weighted by atomic mass is 16.2. The van der Waals surface area contributed by atoms with Crippen molar-refractivity contribution in [2.75, 3.05) is 0 Å². The van der Waals surface area contributed by atoms with E-state index in [0.29, 0.717) is 11.2 Å². The summed E-state index contributed by atoms with van der Waals surface area (Å²) in [5.74, 6) is -0.164. The van der Waals surface area contributed by atoms with Crippen LogP contribution in [0.3, 0.4) is 0 Å². The monoisotopic (exact) mass is 349 g/mol. The van der Waals surface area contributed by atoms with Crippen LogP contribution in [0.5, 0.6) is 0 Å². The highest BCUT2D eigenvalue weighted by molar-refractivity contribution is 5.80. The fourth-order valence-electron chi connectivity index (χ4n) is 3.04. The fraction of sp³-hybridized carbons (Fsp3) is 0.286. The predicted octanol–water partition coefficient (Wildman–Crippen LogP) is 2.84. The van der Waals surface area contributed by atoms with E-state index in [2.05, 4.69) is 22.4 Å². The molecule has 1 aromatic heterocycles. The Bertz CT molecular complexity index is 964. The third-order valence-corrected chi connectivity index (χ3v) is 4.43. The summed E-state index contributed by atoms with van der Waals surface area (Å²) in [6.07, 6.45) is 1.75. The van der Waals surface area contributed by atoms with Crippen molar-refractivity contribution < 1.29 is 4.79 Å². The number of benzene rings is 2. The summed E-state index contributed by atoms with van der Waals surface area (Å²) in [5.41, 5.74) is 2.81. The van der Waals surface area contributed by atoms with Gasteiger partial charge in [0, 0.05) is 6.04 Å². The summed E-state index contributed by atoms with van der Waals surface area (Å²) in [4.78, 5) is 29.2. The molecule has 26 heavy (non-hydrogen) atoms. The highest BCUT2D eigenvalue weighted by Gasteiger charge is 2.13. The number of hydrogen-bond donors (Lipinski definition) is 1. The van der Waals surface area contributed by atoms with E-state index in [9.17, 15) is 9.59 Å². The molecule has 0 aliphatic rings. The molecule has 0 saturated heterocycles. The van der Waals surface area contributed by atoms with Gasteiger partial charge in [0.05, 0.1) is 11.0 Å². The molecule has 1 heterocycles. The molecule has 2 aromatic carbocycles. The van der Waals surface area contributed by atoms with Gasteiger partial charge in [0.25, 0.3) is 5.56 Å². The second-order valence-corrected chi connectivity index (χ2v) is 6.57. The summed E-state index contributed by atoms with van der Waals surface area (Å²) in [6.45, 7) is 3.66. The molecular weight excluding hydrogens is 326 g/mol. The lowest BCUT2D eigenvalue weighted by Crippen LogP contribution is -2.38. The Morgan fingerprint density at radius 2 is 1.81 bits per heavy atom. The molecule has 134 valence electrons. The average molecular weight is 349 g/mol. The molecular formula is C21H23N3O2. The summed E-state index contributed by atoms with van der Waals surface area (Å²) < 4.78 is 1.50. The van der Waals surface area contributed by atoms with E-state index in [1.165, 1.54) is 10.1 Å². The maximum Gasteiger partial charge on any atom is 0.272 e. The molecule has 0 saturated carbocycles. The number of fused-ring (bicyclic) bond motifs is 1. The standard InChI is InChI=1S/C21H23N3O2/c1-15(12-13-17-8-4-3-5-9-17)22-20(25)14-24-19-11-7-6-10-18(19)23-16(2)21(24)26/h3-11,15H,12-14H2,1-2H3,(H,22,25). The molecule has 0 radical (unpaired) electrons. The number of hydrogen-bond acceptors (Lipinski definition) is 3.